The summed E-state index contributed by atoms with van der Waals surface area (Å²) < 4.78 is 21.6. The Hall–Kier alpha value is -0.249. The van der Waals surface area contributed by atoms with Crippen LogP contribution in [-0.4, -0.2) is 43.8 Å². The molecule has 3 aliphatic carbocycles. The topological polar surface area (TPSA) is 27.7 Å². The van der Waals surface area contributed by atoms with Crippen molar-refractivity contribution in [1.82, 2.24) is 0 Å². The van der Waals surface area contributed by atoms with Gasteiger partial charge in [-0.3, -0.25) is 0 Å². The summed E-state index contributed by atoms with van der Waals surface area (Å²) in [6.07, 6.45) is 21.5. The Bertz CT molecular complexity index is 1280. The van der Waals surface area contributed by atoms with E-state index in [9.17, 15) is 0 Å². The average molecular weight is 802 g/mol. The van der Waals surface area contributed by atoms with Gasteiger partial charge in [0.2, 0.25) is 0 Å². The molecule has 0 spiro atoms. The fourth-order valence-electron chi connectivity index (χ4n) is 9.04. The fourth-order valence-corrected chi connectivity index (χ4v) is 12.7. The van der Waals surface area contributed by atoms with Gasteiger partial charge in [-0.25, -0.2) is 0 Å². The highest BCUT2D eigenvalue weighted by Gasteiger charge is 2.51. The lowest BCUT2D eigenvalue weighted by molar-refractivity contribution is 0.0920. The fraction of sp³-hybridized carbons (Fsp3) is 0.875. The van der Waals surface area contributed by atoms with Crippen molar-refractivity contribution in [2.75, 3.05) is 6.61 Å². The number of allylic oxidation sites excluding steroid dienone is 3. The number of rotatable bonds is 13. The highest BCUT2D eigenvalue weighted by atomic mass is 28.4. The summed E-state index contributed by atoms with van der Waals surface area (Å²) in [5.74, 6) is 2.40. The molecule has 6 atom stereocenters. The maximum Gasteiger partial charge on any atom is 0.192 e. The summed E-state index contributed by atoms with van der Waals surface area (Å²) in [6.45, 7) is 49.0. The molecule has 0 aliphatic heterocycles. The van der Waals surface area contributed by atoms with Crippen molar-refractivity contribution in [3.05, 3.63) is 34.9 Å². The van der Waals surface area contributed by atoms with E-state index in [-0.39, 0.29) is 27.3 Å². The molecule has 3 aliphatic rings. The molecular formula is C48H92O3Si3. The van der Waals surface area contributed by atoms with Crippen LogP contribution >= 0.6 is 0 Å². The summed E-state index contributed by atoms with van der Waals surface area (Å²) >= 11 is 0. The Balaban J connectivity index is 1.99. The van der Waals surface area contributed by atoms with E-state index in [0.717, 1.165) is 43.6 Å². The van der Waals surface area contributed by atoms with Crippen LogP contribution < -0.4 is 0 Å². The van der Waals surface area contributed by atoms with E-state index in [1.54, 1.807) is 5.57 Å². The van der Waals surface area contributed by atoms with Crippen LogP contribution in [0.2, 0.25) is 54.4 Å². The van der Waals surface area contributed by atoms with Crippen LogP contribution in [0.5, 0.6) is 0 Å². The van der Waals surface area contributed by atoms with Crippen LogP contribution in [0.3, 0.4) is 0 Å². The largest absolute Gasteiger partial charge is 0.417 e. The number of hydrogen-bond acceptors (Lipinski definition) is 3. The summed E-state index contributed by atoms with van der Waals surface area (Å²) in [6, 6.07) is 0. The Morgan fingerprint density at radius 1 is 0.741 bits per heavy atom. The lowest BCUT2D eigenvalue weighted by atomic mass is 9.60. The molecule has 3 unspecified atom stereocenters. The van der Waals surface area contributed by atoms with Crippen molar-refractivity contribution in [2.24, 2.45) is 28.6 Å². The van der Waals surface area contributed by atoms with Gasteiger partial charge in [0.05, 0.1) is 12.2 Å². The molecule has 0 aromatic carbocycles. The SMILES string of the molecule is CC(CCCC(C)(C)C)C1CCC2/C(=C/C=C3C[C@H](O[Si](C)(C)C(C)(C)C)C(=CCCO[Si](C)(C)C(C)(C)C)[C@H](O[Si](C)(C)C(C)(C)C)C3)CCC[C@@]21C. The highest BCUT2D eigenvalue weighted by molar-refractivity contribution is 6.75. The Morgan fingerprint density at radius 3 is 1.74 bits per heavy atom. The van der Waals surface area contributed by atoms with E-state index < -0.39 is 25.0 Å². The molecular weight excluding hydrogens is 709 g/mol. The monoisotopic (exact) mass is 801 g/mol. The molecule has 0 aromatic rings. The molecule has 0 saturated heterocycles. The second kappa shape index (κ2) is 17.5. The first kappa shape index (κ1) is 48.1. The van der Waals surface area contributed by atoms with Crippen LogP contribution in [-0.2, 0) is 13.3 Å². The zero-order valence-corrected chi connectivity index (χ0v) is 42.8. The normalized spacial score (nSPS) is 29.7. The molecule has 6 heteroatoms. The average Bonchev–Trinajstić information content (AvgIpc) is 3.34. The molecule has 0 N–H and O–H groups in total. The van der Waals surface area contributed by atoms with Gasteiger partial charge in [0, 0.05) is 6.61 Å². The predicted molar refractivity (Wildman–Crippen MR) is 246 cm³/mol. The minimum atomic E-state index is -2.06. The molecule has 3 saturated carbocycles. The smallest absolute Gasteiger partial charge is 0.192 e. The van der Waals surface area contributed by atoms with Gasteiger partial charge in [-0.05, 0) is 146 Å². The minimum absolute atomic E-state index is 0.0494. The van der Waals surface area contributed by atoms with E-state index in [4.69, 9.17) is 13.3 Å². The molecule has 3 fully saturated rings. The Morgan fingerprint density at radius 2 is 1.26 bits per heavy atom. The second-order valence-electron chi connectivity index (χ2n) is 24.3. The van der Waals surface area contributed by atoms with E-state index >= 15 is 0 Å². The van der Waals surface area contributed by atoms with E-state index in [1.807, 2.05) is 0 Å². The summed E-state index contributed by atoms with van der Waals surface area (Å²) in [7, 11) is -5.95. The summed E-state index contributed by atoms with van der Waals surface area (Å²) in [5.41, 5.74) is 5.52. The summed E-state index contributed by atoms with van der Waals surface area (Å²) in [4.78, 5) is 0. The zero-order valence-electron chi connectivity index (χ0n) is 39.8. The quantitative estimate of drug-likeness (QED) is 0.105. The molecule has 0 bridgehead atoms. The first-order valence-electron chi connectivity index (χ1n) is 22.4. The molecule has 3 nitrogen and oxygen atoms in total. The first-order valence-corrected chi connectivity index (χ1v) is 31.1. The molecule has 0 radical (unpaired) electrons. The minimum Gasteiger partial charge on any atom is -0.417 e. The van der Waals surface area contributed by atoms with Gasteiger partial charge in [-0.15, -0.1) is 0 Å². The van der Waals surface area contributed by atoms with Crippen LogP contribution in [0.1, 0.15) is 168 Å². The highest BCUT2D eigenvalue weighted by Crippen LogP contribution is 2.60. The lowest BCUT2D eigenvalue weighted by Crippen LogP contribution is -2.50. The Labute approximate surface area is 341 Å². The van der Waals surface area contributed by atoms with Crippen molar-refractivity contribution >= 4 is 25.0 Å². The van der Waals surface area contributed by atoms with Gasteiger partial charge in [0.15, 0.2) is 25.0 Å². The molecule has 0 aromatic heterocycles. The van der Waals surface area contributed by atoms with Crippen molar-refractivity contribution in [3.63, 3.8) is 0 Å². The molecule has 3 rings (SSSR count). The van der Waals surface area contributed by atoms with E-state index in [1.165, 1.54) is 62.5 Å². The zero-order chi connectivity index (χ0) is 41.3. The number of fused-ring (bicyclic) bond motifs is 1. The molecule has 314 valence electrons. The first-order chi connectivity index (χ1) is 24.3. The van der Waals surface area contributed by atoms with Crippen LogP contribution in [0.15, 0.2) is 34.9 Å². The third kappa shape index (κ3) is 12.1. The van der Waals surface area contributed by atoms with E-state index in [0.29, 0.717) is 10.8 Å². The maximum atomic E-state index is 7.45. The van der Waals surface area contributed by atoms with Gasteiger partial charge in [-0.2, -0.15) is 0 Å². The third-order valence-corrected chi connectivity index (χ3v) is 29.2. The third-order valence-electron chi connectivity index (χ3n) is 15.7. The van der Waals surface area contributed by atoms with Gasteiger partial charge in [0.1, 0.15) is 0 Å². The van der Waals surface area contributed by atoms with Crippen LogP contribution in [0.4, 0.5) is 0 Å². The van der Waals surface area contributed by atoms with Gasteiger partial charge in [0.25, 0.3) is 0 Å². The second-order valence-corrected chi connectivity index (χ2v) is 38.7. The molecule has 54 heavy (non-hydrogen) atoms. The van der Waals surface area contributed by atoms with E-state index in [2.05, 4.69) is 154 Å². The van der Waals surface area contributed by atoms with Crippen LogP contribution in [0.25, 0.3) is 0 Å². The standard InChI is InChI=1S/C48H92O3Si3/c1-36(24-21-31-44(2,3)4)40-29-30-41-38(25-22-32-48(40,41)14)28-27-37-34-42(50-53(17,18)46(8,9)10)39(26-23-33-49-52(15,16)45(5,6)7)43(35-37)51-54(19,20)47(11,12)13/h26-28,36,40-43H,21-25,29-35H2,1-20H3/b37-27?,38-28+,39-26?/t36?,40?,41?,42-,43+,48-/m1/s1. The number of hydrogen-bond donors (Lipinski definition) is 0. The van der Waals surface area contributed by atoms with Crippen molar-refractivity contribution < 1.29 is 13.3 Å². The molecule has 0 heterocycles. The van der Waals surface area contributed by atoms with Gasteiger partial charge < -0.3 is 13.3 Å². The van der Waals surface area contributed by atoms with Gasteiger partial charge >= 0.3 is 0 Å². The van der Waals surface area contributed by atoms with Crippen molar-refractivity contribution in [2.45, 2.75) is 234 Å². The van der Waals surface area contributed by atoms with Crippen molar-refractivity contribution in [3.8, 4) is 0 Å². The predicted octanol–water partition coefficient (Wildman–Crippen LogP) is 15.8. The Kier molecular flexibility index (Phi) is 15.6. The van der Waals surface area contributed by atoms with Gasteiger partial charge in [-0.1, -0.05) is 139 Å². The van der Waals surface area contributed by atoms with Crippen LogP contribution in [0, 0.1) is 28.6 Å². The lowest BCUT2D eigenvalue weighted by Gasteiger charge is -2.46. The molecule has 0 amide bonds. The maximum absolute atomic E-state index is 7.45. The summed E-state index contributed by atoms with van der Waals surface area (Å²) in [5, 5.41) is 0.483. The van der Waals surface area contributed by atoms with Crippen molar-refractivity contribution in [1.29, 1.82) is 0 Å².